The van der Waals surface area contributed by atoms with Crippen LogP contribution in [0.5, 0.6) is 0 Å². The fraction of sp³-hybridized carbons (Fsp3) is 0.438. The minimum Gasteiger partial charge on any atom is -0.465 e. The lowest BCUT2D eigenvalue weighted by molar-refractivity contribution is -0.119. The summed E-state index contributed by atoms with van der Waals surface area (Å²) in [4.78, 5) is 33.9. The molecule has 0 aliphatic rings. The van der Waals surface area contributed by atoms with E-state index in [0.29, 0.717) is 24.2 Å². The third kappa shape index (κ3) is 6.88. The number of esters is 1. The number of ether oxygens (including phenoxy) is 1. The molecule has 1 rings (SSSR count). The molecule has 0 saturated carbocycles. The Kier molecular flexibility index (Phi) is 7.67. The highest BCUT2D eigenvalue weighted by atomic mass is 16.5. The second-order valence-electron chi connectivity index (χ2n) is 4.91. The molecule has 0 atom stereocenters. The highest BCUT2D eigenvalue weighted by Gasteiger charge is 2.07. The molecule has 0 unspecified atom stereocenters. The van der Waals surface area contributed by atoms with Gasteiger partial charge in [-0.2, -0.15) is 0 Å². The topological polar surface area (TPSA) is 84.5 Å². The van der Waals surface area contributed by atoms with Crippen molar-refractivity contribution in [3.63, 3.8) is 0 Å². The molecule has 22 heavy (non-hydrogen) atoms. The maximum atomic E-state index is 11.8. The fourth-order valence-corrected chi connectivity index (χ4v) is 1.92. The van der Waals surface area contributed by atoms with Crippen molar-refractivity contribution in [2.45, 2.75) is 32.6 Å². The van der Waals surface area contributed by atoms with Gasteiger partial charge in [0, 0.05) is 25.6 Å². The zero-order chi connectivity index (χ0) is 16.4. The van der Waals surface area contributed by atoms with Crippen LogP contribution in [0.1, 0.15) is 43.0 Å². The molecule has 120 valence electrons. The van der Waals surface area contributed by atoms with Gasteiger partial charge in [0.2, 0.25) is 11.8 Å². The highest BCUT2D eigenvalue weighted by Crippen LogP contribution is 2.12. The van der Waals surface area contributed by atoms with E-state index >= 15 is 0 Å². The van der Waals surface area contributed by atoms with Crippen LogP contribution >= 0.6 is 0 Å². The predicted octanol–water partition coefficient (Wildman–Crippen LogP) is 2.11. The second-order valence-corrected chi connectivity index (χ2v) is 4.91. The van der Waals surface area contributed by atoms with E-state index in [0.717, 1.165) is 19.3 Å². The van der Waals surface area contributed by atoms with Crippen LogP contribution < -0.4 is 10.6 Å². The van der Waals surface area contributed by atoms with Gasteiger partial charge in [0.05, 0.1) is 12.7 Å². The summed E-state index contributed by atoms with van der Waals surface area (Å²) in [5.74, 6) is -0.571. The van der Waals surface area contributed by atoms with Crippen LogP contribution in [0.3, 0.4) is 0 Å². The molecule has 0 bridgehead atoms. The monoisotopic (exact) mass is 306 g/mol. The summed E-state index contributed by atoms with van der Waals surface area (Å²) in [6.45, 7) is 2.12. The summed E-state index contributed by atoms with van der Waals surface area (Å²) in [6, 6.07) is 6.63. The van der Waals surface area contributed by atoms with E-state index in [4.69, 9.17) is 0 Å². The molecule has 0 spiro atoms. The van der Waals surface area contributed by atoms with E-state index in [1.54, 1.807) is 24.3 Å². The lowest BCUT2D eigenvalue weighted by Crippen LogP contribution is -2.20. The van der Waals surface area contributed by atoms with Crippen molar-refractivity contribution in [1.82, 2.24) is 5.32 Å². The Bertz CT molecular complexity index is 529. The Balaban J connectivity index is 2.30. The number of anilines is 1. The van der Waals surface area contributed by atoms with E-state index in [9.17, 15) is 14.4 Å². The van der Waals surface area contributed by atoms with E-state index in [-0.39, 0.29) is 11.8 Å². The number of carbonyl (C=O) groups is 3. The second kappa shape index (κ2) is 9.55. The molecule has 0 aliphatic carbocycles. The maximum Gasteiger partial charge on any atom is 0.337 e. The molecule has 0 heterocycles. The minimum atomic E-state index is -0.436. The number of hydrogen-bond donors (Lipinski definition) is 2. The van der Waals surface area contributed by atoms with Crippen LogP contribution in [0.15, 0.2) is 24.3 Å². The molecular formula is C16H22N2O4. The van der Waals surface area contributed by atoms with Crippen molar-refractivity contribution in [2.24, 2.45) is 0 Å². The van der Waals surface area contributed by atoms with Gasteiger partial charge in [-0.1, -0.05) is 12.5 Å². The number of nitrogens with one attached hydrogen (secondary N) is 2. The molecular weight excluding hydrogens is 284 g/mol. The van der Waals surface area contributed by atoms with Crippen molar-refractivity contribution >= 4 is 23.5 Å². The number of unbranched alkanes of at least 4 members (excludes halogenated alkanes) is 2. The van der Waals surface area contributed by atoms with Crippen molar-refractivity contribution in [3.05, 3.63) is 29.8 Å². The van der Waals surface area contributed by atoms with E-state index in [1.165, 1.54) is 14.0 Å². The molecule has 2 amide bonds. The molecule has 6 heteroatoms. The number of rotatable bonds is 8. The average Bonchev–Trinajstić information content (AvgIpc) is 2.50. The fourth-order valence-electron chi connectivity index (χ4n) is 1.92. The van der Waals surface area contributed by atoms with Crippen LogP contribution in [0.4, 0.5) is 5.69 Å². The first-order valence-electron chi connectivity index (χ1n) is 7.25. The van der Waals surface area contributed by atoms with Gasteiger partial charge in [0.25, 0.3) is 0 Å². The third-order valence-corrected chi connectivity index (χ3v) is 3.02. The van der Waals surface area contributed by atoms with Gasteiger partial charge < -0.3 is 15.4 Å². The van der Waals surface area contributed by atoms with Gasteiger partial charge in [0.15, 0.2) is 0 Å². The predicted molar refractivity (Wildman–Crippen MR) is 83.6 cm³/mol. The SMILES string of the molecule is COC(=O)c1cccc(NC(=O)CCCCCNC(C)=O)c1. The van der Waals surface area contributed by atoms with Gasteiger partial charge in [-0.25, -0.2) is 4.79 Å². The average molecular weight is 306 g/mol. The molecule has 0 saturated heterocycles. The molecule has 0 aromatic heterocycles. The van der Waals surface area contributed by atoms with Crippen LogP contribution in [0, 0.1) is 0 Å². The zero-order valence-electron chi connectivity index (χ0n) is 13.0. The summed E-state index contributed by atoms with van der Waals surface area (Å²) in [6.07, 6.45) is 2.88. The maximum absolute atomic E-state index is 11.8. The summed E-state index contributed by atoms with van der Waals surface area (Å²) in [5, 5.41) is 5.47. The number of benzene rings is 1. The number of amides is 2. The molecule has 1 aromatic rings. The number of hydrogen-bond acceptors (Lipinski definition) is 4. The highest BCUT2D eigenvalue weighted by molar-refractivity contribution is 5.94. The Morgan fingerprint density at radius 3 is 2.59 bits per heavy atom. The van der Waals surface area contributed by atoms with E-state index in [1.807, 2.05) is 0 Å². The lowest BCUT2D eigenvalue weighted by atomic mass is 10.1. The van der Waals surface area contributed by atoms with Crippen molar-refractivity contribution in [1.29, 1.82) is 0 Å². The molecule has 6 nitrogen and oxygen atoms in total. The Morgan fingerprint density at radius 2 is 1.91 bits per heavy atom. The van der Waals surface area contributed by atoms with Gasteiger partial charge in [0.1, 0.15) is 0 Å². The van der Waals surface area contributed by atoms with Crippen LogP contribution in [-0.2, 0) is 14.3 Å². The van der Waals surface area contributed by atoms with E-state index in [2.05, 4.69) is 15.4 Å². The summed E-state index contributed by atoms with van der Waals surface area (Å²) >= 11 is 0. The van der Waals surface area contributed by atoms with Crippen LogP contribution in [0.25, 0.3) is 0 Å². The minimum absolute atomic E-state index is 0.0387. The van der Waals surface area contributed by atoms with Crippen molar-refractivity contribution in [3.8, 4) is 0 Å². The first-order chi connectivity index (χ1) is 10.5. The molecule has 1 aromatic carbocycles. The lowest BCUT2D eigenvalue weighted by Gasteiger charge is -2.07. The van der Waals surface area contributed by atoms with Crippen molar-refractivity contribution < 1.29 is 19.1 Å². The normalized spacial score (nSPS) is 9.91. The Hall–Kier alpha value is -2.37. The van der Waals surface area contributed by atoms with Crippen molar-refractivity contribution in [2.75, 3.05) is 19.0 Å². The molecule has 0 radical (unpaired) electrons. The molecule has 2 N–H and O–H groups in total. The summed E-state index contributed by atoms with van der Waals surface area (Å²) in [5.41, 5.74) is 0.974. The third-order valence-electron chi connectivity index (χ3n) is 3.02. The Morgan fingerprint density at radius 1 is 1.14 bits per heavy atom. The quantitative estimate of drug-likeness (QED) is 0.569. The van der Waals surface area contributed by atoms with E-state index < -0.39 is 5.97 Å². The molecule has 0 aliphatic heterocycles. The summed E-state index contributed by atoms with van der Waals surface area (Å²) < 4.78 is 4.63. The van der Waals surface area contributed by atoms with Crippen LogP contribution in [0.2, 0.25) is 0 Å². The smallest absolute Gasteiger partial charge is 0.337 e. The standard InChI is InChI=1S/C16H22N2O4/c1-12(19)17-10-5-3-4-9-15(20)18-14-8-6-7-13(11-14)16(21)22-2/h6-8,11H,3-5,9-10H2,1-2H3,(H,17,19)(H,18,20). The largest absolute Gasteiger partial charge is 0.465 e. The van der Waals surface area contributed by atoms with Gasteiger partial charge >= 0.3 is 5.97 Å². The first kappa shape index (κ1) is 17.7. The van der Waals surface area contributed by atoms with Gasteiger partial charge in [-0.05, 0) is 31.0 Å². The Labute approximate surface area is 130 Å². The molecule has 0 fully saturated rings. The van der Waals surface area contributed by atoms with Gasteiger partial charge in [-0.3, -0.25) is 9.59 Å². The van der Waals surface area contributed by atoms with Crippen LogP contribution in [-0.4, -0.2) is 31.4 Å². The summed E-state index contributed by atoms with van der Waals surface area (Å²) in [7, 11) is 1.31. The number of carbonyl (C=O) groups excluding carboxylic acids is 3. The first-order valence-corrected chi connectivity index (χ1v) is 7.25. The number of methoxy groups -OCH3 is 1. The zero-order valence-corrected chi connectivity index (χ0v) is 13.0. The van der Waals surface area contributed by atoms with Gasteiger partial charge in [-0.15, -0.1) is 0 Å².